The van der Waals surface area contributed by atoms with Gasteiger partial charge in [0.05, 0.1) is 0 Å². The van der Waals surface area contributed by atoms with Crippen molar-refractivity contribution in [1.29, 1.82) is 0 Å². The summed E-state index contributed by atoms with van der Waals surface area (Å²) >= 11 is 0. The SMILES string of the molecule is CCC1CC[C@](C)(CO)C1(C)C. The van der Waals surface area contributed by atoms with Crippen molar-refractivity contribution in [3.63, 3.8) is 0 Å². The molecule has 0 spiro atoms. The maximum Gasteiger partial charge on any atom is 0.0489 e. The summed E-state index contributed by atoms with van der Waals surface area (Å²) in [6, 6.07) is 0. The maximum atomic E-state index is 9.37. The molecule has 1 N–H and O–H groups in total. The third kappa shape index (κ3) is 1.19. The molecule has 1 aliphatic rings. The lowest BCUT2D eigenvalue weighted by atomic mass is 9.66. The van der Waals surface area contributed by atoms with E-state index < -0.39 is 0 Å². The van der Waals surface area contributed by atoms with Gasteiger partial charge >= 0.3 is 0 Å². The molecule has 12 heavy (non-hydrogen) atoms. The zero-order chi connectivity index (χ0) is 9.41. The molecule has 0 aromatic rings. The highest BCUT2D eigenvalue weighted by Crippen LogP contribution is 2.56. The van der Waals surface area contributed by atoms with Crippen LogP contribution in [0.4, 0.5) is 0 Å². The summed E-state index contributed by atoms with van der Waals surface area (Å²) < 4.78 is 0. The van der Waals surface area contributed by atoms with Crippen LogP contribution in [0.25, 0.3) is 0 Å². The number of hydrogen-bond donors (Lipinski definition) is 1. The van der Waals surface area contributed by atoms with Crippen LogP contribution in [0.2, 0.25) is 0 Å². The Morgan fingerprint density at radius 3 is 2.17 bits per heavy atom. The van der Waals surface area contributed by atoms with Gasteiger partial charge in [-0.1, -0.05) is 34.1 Å². The Morgan fingerprint density at radius 2 is 1.92 bits per heavy atom. The van der Waals surface area contributed by atoms with Crippen molar-refractivity contribution in [2.24, 2.45) is 16.7 Å². The molecule has 0 radical (unpaired) electrons. The number of aliphatic hydroxyl groups excluding tert-OH is 1. The molecule has 0 amide bonds. The van der Waals surface area contributed by atoms with E-state index in [1.807, 2.05) is 0 Å². The molecule has 72 valence electrons. The van der Waals surface area contributed by atoms with Crippen LogP contribution in [0.1, 0.15) is 47.0 Å². The maximum absolute atomic E-state index is 9.37. The highest BCUT2D eigenvalue weighted by Gasteiger charge is 2.49. The minimum Gasteiger partial charge on any atom is -0.396 e. The first-order chi connectivity index (χ1) is 5.48. The first kappa shape index (κ1) is 10.0. The molecule has 1 saturated carbocycles. The molecule has 1 nitrogen and oxygen atoms in total. The molecule has 1 heteroatoms. The van der Waals surface area contributed by atoms with Gasteiger partial charge in [-0.2, -0.15) is 0 Å². The second-order valence-corrected chi connectivity index (χ2v) is 5.08. The Morgan fingerprint density at radius 1 is 1.33 bits per heavy atom. The fourth-order valence-corrected chi connectivity index (χ4v) is 2.67. The molecule has 0 aromatic carbocycles. The van der Waals surface area contributed by atoms with E-state index in [9.17, 15) is 5.11 Å². The lowest BCUT2D eigenvalue weighted by Crippen LogP contribution is -2.36. The van der Waals surface area contributed by atoms with E-state index in [-0.39, 0.29) is 5.41 Å². The second-order valence-electron chi connectivity index (χ2n) is 5.08. The van der Waals surface area contributed by atoms with E-state index in [0.29, 0.717) is 12.0 Å². The molecule has 0 aromatic heterocycles. The van der Waals surface area contributed by atoms with E-state index >= 15 is 0 Å². The summed E-state index contributed by atoms with van der Waals surface area (Å²) in [5.41, 5.74) is 0.476. The summed E-state index contributed by atoms with van der Waals surface area (Å²) in [7, 11) is 0. The molecule has 0 heterocycles. The monoisotopic (exact) mass is 170 g/mol. The smallest absolute Gasteiger partial charge is 0.0489 e. The standard InChI is InChI=1S/C11H22O/c1-5-9-6-7-11(4,8-12)10(9,2)3/h9,12H,5-8H2,1-4H3/t9?,11-/m1/s1. The van der Waals surface area contributed by atoms with Crippen molar-refractivity contribution in [3.05, 3.63) is 0 Å². The Balaban J connectivity index is 2.84. The van der Waals surface area contributed by atoms with Gasteiger partial charge in [-0.25, -0.2) is 0 Å². The number of rotatable bonds is 2. The fourth-order valence-electron chi connectivity index (χ4n) is 2.67. The van der Waals surface area contributed by atoms with E-state index in [1.54, 1.807) is 0 Å². The Hall–Kier alpha value is -0.0400. The van der Waals surface area contributed by atoms with Crippen LogP contribution in [-0.2, 0) is 0 Å². The third-order valence-electron chi connectivity index (χ3n) is 4.46. The van der Waals surface area contributed by atoms with Crippen molar-refractivity contribution in [2.45, 2.75) is 47.0 Å². The highest BCUT2D eigenvalue weighted by molar-refractivity contribution is 4.99. The van der Waals surface area contributed by atoms with Crippen molar-refractivity contribution < 1.29 is 5.11 Å². The van der Waals surface area contributed by atoms with Gasteiger partial charge in [0.1, 0.15) is 0 Å². The molecule has 1 rings (SSSR count). The van der Waals surface area contributed by atoms with Gasteiger partial charge in [0.25, 0.3) is 0 Å². The summed E-state index contributed by atoms with van der Waals surface area (Å²) in [4.78, 5) is 0. The Kier molecular flexibility index (Phi) is 2.53. The normalized spacial score (nSPS) is 40.2. The van der Waals surface area contributed by atoms with Crippen molar-refractivity contribution in [1.82, 2.24) is 0 Å². The molecular formula is C11H22O. The molecule has 0 aliphatic heterocycles. The van der Waals surface area contributed by atoms with Crippen LogP contribution >= 0.6 is 0 Å². The number of hydrogen-bond acceptors (Lipinski definition) is 1. The molecule has 0 saturated heterocycles. The molecular weight excluding hydrogens is 148 g/mol. The Labute approximate surface area is 76.2 Å². The van der Waals surface area contributed by atoms with Crippen LogP contribution < -0.4 is 0 Å². The van der Waals surface area contributed by atoms with Crippen LogP contribution in [0, 0.1) is 16.7 Å². The summed E-state index contributed by atoms with van der Waals surface area (Å²) in [5, 5.41) is 9.37. The van der Waals surface area contributed by atoms with Gasteiger partial charge in [-0.15, -0.1) is 0 Å². The zero-order valence-corrected chi connectivity index (χ0v) is 8.85. The first-order valence-electron chi connectivity index (χ1n) is 5.09. The van der Waals surface area contributed by atoms with Gasteiger partial charge in [-0.05, 0) is 29.6 Å². The third-order valence-corrected chi connectivity index (χ3v) is 4.46. The van der Waals surface area contributed by atoms with Crippen LogP contribution in [0.15, 0.2) is 0 Å². The molecule has 0 bridgehead atoms. The Bertz CT molecular complexity index is 162. The van der Waals surface area contributed by atoms with Crippen molar-refractivity contribution in [2.75, 3.05) is 6.61 Å². The van der Waals surface area contributed by atoms with Gasteiger partial charge in [0.15, 0.2) is 0 Å². The van der Waals surface area contributed by atoms with E-state index in [1.165, 1.54) is 19.3 Å². The summed E-state index contributed by atoms with van der Waals surface area (Å²) in [5.74, 6) is 0.801. The van der Waals surface area contributed by atoms with E-state index in [0.717, 1.165) is 5.92 Å². The van der Waals surface area contributed by atoms with E-state index in [2.05, 4.69) is 27.7 Å². The van der Waals surface area contributed by atoms with Gasteiger partial charge in [0.2, 0.25) is 0 Å². The average molecular weight is 170 g/mol. The van der Waals surface area contributed by atoms with Gasteiger partial charge in [0, 0.05) is 6.61 Å². The lowest BCUT2D eigenvalue weighted by molar-refractivity contribution is 0.0249. The topological polar surface area (TPSA) is 20.2 Å². The zero-order valence-electron chi connectivity index (χ0n) is 8.85. The molecule has 1 fully saturated rings. The fraction of sp³-hybridized carbons (Fsp3) is 1.00. The lowest BCUT2D eigenvalue weighted by Gasteiger charge is -2.40. The van der Waals surface area contributed by atoms with Gasteiger partial charge in [-0.3, -0.25) is 0 Å². The van der Waals surface area contributed by atoms with Crippen molar-refractivity contribution in [3.8, 4) is 0 Å². The van der Waals surface area contributed by atoms with E-state index in [4.69, 9.17) is 0 Å². The predicted molar refractivity (Wildman–Crippen MR) is 52.0 cm³/mol. The van der Waals surface area contributed by atoms with Crippen LogP contribution in [0.5, 0.6) is 0 Å². The molecule has 1 aliphatic carbocycles. The predicted octanol–water partition coefficient (Wildman–Crippen LogP) is 2.83. The average Bonchev–Trinajstić information content (AvgIpc) is 2.25. The van der Waals surface area contributed by atoms with Crippen molar-refractivity contribution >= 4 is 0 Å². The van der Waals surface area contributed by atoms with Crippen LogP contribution in [-0.4, -0.2) is 11.7 Å². The van der Waals surface area contributed by atoms with Gasteiger partial charge < -0.3 is 5.11 Å². The molecule has 1 unspecified atom stereocenters. The summed E-state index contributed by atoms with van der Waals surface area (Å²) in [6.45, 7) is 9.45. The quantitative estimate of drug-likeness (QED) is 0.675. The minimum absolute atomic E-state index is 0.160. The minimum atomic E-state index is 0.160. The highest BCUT2D eigenvalue weighted by atomic mass is 16.3. The summed E-state index contributed by atoms with van der Waals surface area (Å²) in [6.07, 6.45) is 3.73. The number of aliphatic hydroxyl groups is 1. The largest absolute Gasteiger partial charge is 0.396 e. The second kappa shape index (κ2) is 3.02. The van der Waals surface area contributed by atoms with Crippen LogP contribution in [0.3, 0.4) is 0 Å². The first-order valence-corrected chi connectivity index (χ1v) is 5.09. The molecule has 2 atom stereocenters.